The Morgan fingerprint density at radius 2 is 0.957 bits per heavy atom. The van der Waals surface area contributed by atoms with Crippen molar-refractivity contribution in [2.45, 2.75) is 24.7 Å². The zero-order valence-corrected chi connectivity index (χ0v) is 26.5. The zero-order chi connectivity index (χ0) is 31.3. The Kier molecular flexibility index (Phi) is 5.33. The van der Waals surface area contributed by atoms with E-state index >= 15 is 0 Å². The summed E-state index contributed by atoms with van der Waals surface area (Å²) in [6.45, 7) is 4.74. The molecule has 0 atom stereocenters. The molecule has 0 radical (unpaired) electrons. The van der Waals surface area contributed by atoms with Crippen LogP contribution in [0.1, 0.15) is 47.2 Å². The minimum Gasteiger partial charge on any atom is -0.309 e. The van der Waals surface area contributed by atoms with E-state index in [-0.39, 0.29) is 5.41 Å². The third-order valence-electron chi connectivity index (χ3n) is 11.1. The lowest BCUT2D eigenvalue weighted by Crippen LogP contribution is -2.28. The van der Waals surface area contributed by atoms with E-state index in [1.54, 1.807) is 0 Å². The molecule has 0 N–H and O–H groups in total. The highest BCUT2D eigenvalue weighted by molar-refractivity contribution is 6.11. The topological polar surface area (TPSA) is 4.93 Å². The van der Waals surface area contributed by atoms with Gasteiger partial charge < -0.3 is 4.57 Å². The maximum atomic E-state index is 2.51. The van der Waals surface area contributed by atoms with Gasteiger partial charge in [-0.05, 0) is 86.0 Å². The van der Waals surface area contributed by atoms with Gasteiger partial charge in [0, 0.05) is 21.9 Å². The van der Waals surface area contributed by atoms with Gasteiger partial charge in [-0.2, -0.15) is 0 Å². The van der Waals surface area contributed by atoms with E-state index < -0.39 is 5.41 Å². The SMILES string of the molecule is CC1(C)c2ccccc2-c2cc3c4ccccc4n(-c4ccc5c(c4)C(c4ccccc4)(c4ccccc4)c4ccccc4-5)c3cc21. The fourth-order valence-corrected chi connectivity index (χ4v) is 9.01. The molecule has 222 valence electrons. The second-order valence-corrected chi connectivity index (χ2v) is 13.7. The molecule has 0 aliphatic heterocycles. The van der Waals surface area contributed by atoms with E-state index in [1.807, 2.05) is 0 Å². The lowest BCUT2D eigenvalue weighted by Gasteiger charge is -2.34. The monoisotopic (exact) mass is 599 g/mol. The van der Waals surface area contributed by atoms with Crippen LogP contribution in [0.5, 0.6) is 0 Å². The number of fused-ring (bicyclic) bond motifs is 9. The number of para-hydroxylation sites is 1. The third kappa shape index (κ3) is 3.39. The van der Waals surface area contributed by atoms with E-state index in [0.29, 0.717) is 0 Å². The maximum Gasteiger partial charge on any atom is 0.0714 e. The average molecular weight is 600 g/mol. The number of hydrogen-bond acceptors (Lipinski definition) is 0. The van der Waals surface area contributed by atoms with Gasteiger partial charge in [0.15, 0.2) is 0 Å². The van der Waals surface area contributed by atoms with E-state index in [4.69, 9.17) is 0 Å². The molecule has 1 heteroatoms. The second kappa shape index (κ2) is 9.44. The van der Waals surface area contributed by atoms with Gasteiger partial charge in [-0.25, -0.2) is 0 Å². The first kappa shape index (κ1) is 26.5. The fourth-order valence-electron chi connectivity index (χ4n) is 9.01. The molecule has 47 heavy (non-hydrogen) atoms. The largest absolute Gasteiger partial charge is 0.309 e. The van der Waals surface area contributed by atoms with Gasteiger partial charge in [-0.1, -0.05) is 147 Å². The Morgan fingerprint density at radius 3 is 1.68 bits per heavy atom. The average Bonchev–Trinajstić information content (AvgIpc) is 3.69. The molecule has 2 aliphatic rings. The fraction of sp³-hybridized carbons (Fsp3) is 0.0870. The van der Waals surface area contributed by atoms with Gasteiger partial charge >= 0.3 is 0 Å². The van der Waals surface area contributed by atoms with Crippen molar-refractivity contribution in [3.8, 4) is 27.9 Å². The van der Waals surface area contributed by atoms with Gasteiger partial charge in [0.1, 0.15) is 0 Å². The molecule has 0 saturated heterocycles. The molecule has 7 aromatic carbocycles. The Morgan fingerprint density at radius 1 is 0.383 bits per heavy atom. The predicted molar refractivity (Wildman–Crippen MR) is 196 cm³/mol. The van der Waals surface area contributed by atoms with Crippen LogP contribution in [0, 0.1) is 0 Å². The minimum absolute atomic E-state index is 0.0727. The van der Waals surface area contributed by atoms with Crippen LogP contribution in [0.3, 0.4) is 0 Å². The van der Waals surface area contributed by atoms with Gasteiger partial charge in [0.25, 0.3) is 0 Å². The van der Waals surface area contributed by atoms with Gasteiger partial charge in [0.05, 0.1) is 16.4 Å². The van der Waals surface area contributed by atoms with E-state index in [1.165, 1.54) is 83.1 Å². The number of rotatable bonds is 3. The van der Waals surface area contributed by atoms with Crippen molar-refractivity contribution in [1.82, 2.24) is 4.57 Å². The molecule has 1 heterocycles. The Balaban J connectivity index is 1.30. The van der Waals surface area contributed by atoms with Gasteiger partial charge in [-0.3, -0.25) is 0 Å². The highest BCUT2D eigenvalue weighted by atomic mass is 15.0. The third-order valence-corrected chi connectivity index (χ3v) is 11.1. The molecule has 0 amide bonds. The zero-order valence-electron chi connectivity index (χ0n) is 26.5. The number of hydrogen-bond donors (Lipinski definition) is 0. The van der Waals surface area contributed by atoms with Crippen LogP contribution in [0.4, 0.5) is 0 Å². The predicted octanol–water partition coefficient (Wildman–Crippen LogP) is 11.5. The molecular weight excluding hydrogens is 567 g/mol. The summed E-state index contributed by atoms with van der Waals surface area (Å²) < 4.78 is 2.51. The van der Waals surface area contributed by atoms with Crippen molar-refractivity contribution in [1.29, 1.82) is 0 Å². The van der Waals surface area contributed by atoms with Crippen LogP contribution < -0.4 is 0 Å². The summed E-state index contributed by atoms with van der Waals surface area (Å²) in [4.78, 5) is 0. The Bertz CT molecular complexity index is 2490. The first-order valence-electron chi connectivity index (χ1n) is 16.6. The normalized spacial score (nSPS) is 14.9. The van der Waals surface area contributed by atoms with Crippen LogP contribution in [0.15, 0.2) is 164 Å². The molecule has 0 bridgehead atoms. The smallest absolute Gasteiger partial charge is 0.0714 e. The van der Waals surface area contributed by atoms with Crippen LogP contribution in [-0.4, -0.2) is 4.57 Å². The van der Waals surface area contributed by atoms with Crippen molar-refractivity contribution in [2.75, 3.05) is 0 Å². The van der Waals surface area contributed by atoms with Crippen molar-refractivity contribution in [3.05, 3.63) is 197 Å². The highest BCUT2D eigenvalue weighted by Gasteiger charge is 2.46. The summed E-state index contributed by atoms with van der Waals surface area (Å²) in [5, 5.41) is 2.58. The summed E-state index contributed by atoms with van der Waals surface area (Å²) in [5.74, 6) is 0. The molecule has 0 saturated carbocycles. The molecule has 10 rings (SSSR count). The molecule has 0 unspecified atom stereocenters. The first-order valence-corrected chi connectivity index (χ1v) is 16.6. The van der Waals surface area contributed by atoms with Crippen LogP contribution in [0.2, 0.25) is 0 Å². The van der Waals surface area contributed by atoms with Gasteiger partial charge in [-0.15, -0.1) is 0 Å². The summed E-state index contributed by atoms with van der Waals surface area (Å²) in [7, 11) is 0. The second-order valence-electron chi connectivity index (χ2n) is 13.7. The lowest BCUT2D eigenvalue weighted by atomic mass is 9.67. The summed E-state index contributed by atoms with van der Waals surface area (Å²) in [5.41, 5.74) is 16.5. The van der Waals surface area contributed by atoms with Crippen LogP contribution in [-0.2, 0) is 10.8 Å². The quantitative estimate of drug-likeness (QED) is 0.190. The van der Waals surface area contributed by atoms with Crippen molar-refractivity contribution >= 4 is 21.8 Å². The highest BCUT2D eigenvalue weighted by Crippen LogP contribution is 2.57. The maximum absolute atomic E-state index is 2.51. The van der Waals surface area contributed by atoms with Crippen LogP contribution in [0.25, 0.3) is 49.7 Å². The van der Waals surface area contributed by atoms with Crippen molar-refractivity contribution in [2.24, 2.45) is 0 Å². The number of aromatic nitrogens is 1. The Hall–Kier alpha value is -5.66. The van der Waals surface area contributed by atoms with E-state index in [9.17, 15) is 0 Å². The van der Waals surface area contributed by atoms with Gasteiger partial charge in [0.2, 0.25) is 0 Å². The van der Waals surface area contributed by atoms with E-state index in [0.717, 1.165) is 0 Å². The lowest BCUT2D eigenvalue weighted by molar-refractivity contribution is 0.661. The minimum atomic E-state index is -0.436. The van der Waals surface area contributed by atoms with Crippen LogP contribution >= 0.6 is 0 Å². The Labute approximate surface area is 275 Å². The first-order chi connectivity index (χ1) is 23.1. The molecule has 0 spiro atoms. The number of nitrogens with zero attached hydrogens (tertiary/aromatic N) is 1. The molecular formula is C46H33N. The molecule has 1 nitrogen and oxygen atoms in total. The molecule has 1 aromatic heterocycles. The van der Waals surface area contributed by atoms with Crippen molar-refractivity contribution in [3.63, 3.8) is 0 Å². The molecule has 8 aromatic rings. The number of benzene rings is 7. The molecule has 0 fully saturated rings. The molecule has 2 aliphatic carbocycles. The standard InChI is InChI=1S/C46H33N/c1-45(2)39-22-12-9-20-34(39)37-28-38-36-21-11-14-24-43(36)47(44(38)29-41(37)45)32-25-26-35-33-19-10-13-23-40(33)46(42(35)27-32,30-15-5-3-6-16-30)31-17-7-4-8-18-31/h3-29H,1-2H3. The summed E-state index contributed by atoms with van der Waals surface area (Å²) in [6, 6.07) is 61.1. The van der Waals surface area contributed by atoms with E-state index in [2.05, 4.69) is 182 Å². The summed E-state index contributed by atoms with van der Waals surface area (Å²) >= 11 is 0. The summed E-state index contributed by atoms with van der Waals surface area (Å²) in [6.07, 6.45) is 0. The van der Waals surface area contributed by atoms with Crippen molar-refractivity contribution < 1.29 is 0 Å².